The van der Waals surface area contributed by atoms with Crippen LogP contribution >= 0.6 is 0 Å². The van der Waals surface area contributed by atoms with Crippen LogP contribution < -0.4 is 5.32 Å². The van der Waals surface area contributed by atoms with Gasteiger partial charge >= 0.3 is 5.97 Å². The second-order valence-corrected chi connectivity index (χ2v) is 10.2. The fourth-order valence-electron chi connectivity index (χ4n) is 4.63. The van der Waals surface area contributed by atoms with Crippen molar-refractivity contribution in [3.05, 3.63) is 34.9 Å². The summed E-state index contributed by atoms with van der Waals surface area (Å²) in [5.41, 5.74) is 1.81. The lowest BCUT2D eigenvalue weighted by molar-refractivity contribution is -0.156. The van der Waals surface area contributed by atoms with E-state index in [1.807, 2.05) is 32.9 Å². The predicted octanol–water partition coefficient (Wildman–Crippen LogP) is 1.85. The van der Waals surface area contributed by atoms with Crippen LogP contribution in [0.25, 0.3) is 0 Å². The number of amides is 3. The molecule has 1 N–H and O–H groups in total. The number of nitrogens with one attached hydrogen (secondary N) is 1. The van der Waals surface area contributed by atoms with E-state index in [-0.39, 0.29) is 30.1 Å². The summed E-state index contributed by atoms with van der Waals surface area (Å²) in [5, 5.41) is 2.32. The second kappa shape index (κ2) is 9.59. The number of ether oxygens (including phenoxy) is 1. The molecule has 2 saturated heterocycles. The zero-order valence-electron chi connectivity index (χ0n) is 20.0. The van der Waals surface area contributed by atoms with Crippen molar-refractivity contribution in [1.82, 2.24) is 15.1 Å². The van der Waals surface area contributed by atoms with E-state index < -0.39 is 17.6 Å². The Morgan fingerprint density at radius 2 is 1.88 bits per heavy atom. The van der Waals surface area contributed by atoms with E-state index in [0.29, 0.717) is 25.1 Å². The van der Waals surface area contributed by atoms with Crippen molar-refractivity contribution in [2.24, 2.45) is 5.92 Å². The van der Waals surface area contributed by atoms with Crippen LogP contribution in [0.3, 0.4) is 0 Å². The topological polar surface area (TPSA) is 96.0 Å². The molecular formula is C26H31N3O5. The molecule has 1 atom stereocenters. The molecule has 0 radical (unpaired) electrons. The van der Waals surface area contributed by atoms with Gasteiger partial charge in [0.05, 0.1) is 6.54 Å². The molecule has 0 aliphatic carbocycles. The van der Waals surface area contributed by atoms with Crippen LogP contribution in [0.1, 0.15) is 67.9 Å². The van der Waals surface area contributed by atoms with Gasteiger partial charge in [0.15, 0.2) is 0 Å². The van der Waals surface area contributed by atoms with E-state index in [4.69, 9.17) is 4.74 Å². The van der Waals surface area contributed by atoms with Gasteiger partial charge in [0.2, 0.25) is 11.8 Å². The normalized spacial score (nSPS) is 21.6. The van der Waals surface area contributed by atoms with Crippen LogP contribution in [0.5, 0.6) is 0 Å². The van der Waals surface area contributed by atoms with E-state index in [1.165, 1.54) is 0 Å². The Balaban J connectivity index is 1.33. The SMILES string of the molecule is CC(C)(C)OC(=O)CN1CCC(C#Cc2ccc3c(c2)CN(C2CCC(=O)NC2=O)C3=O)CC1. The number of fused-ring (bicyclic) bond motifs is 1. The summed E-state index contributed by atoms with van der Waals surface area (Å²) in [5.74, 6) is 5.76. The molecule has 2 fully saturated rings. The summed E-state index contributed by atoms with van der Waals surface area (Å²) in [6.07, 6.45) is 2.37. The molecule has 1 aromatic rings. The molecule has 4 rings (SSSR count). The maximum Gasteiger partial charge on any atom is 0.320 e. The number of carbonyl (C=O) groups is 4. The van der Waals surface area contributed by atoms with Crippen LogP contribution in [-0.2, 0) is 25.7 Å². The highest BCUT2D eigenvalue weighted by molar-refractivity contribution is 6.05. The lowest BCUT2D eigenvalue weighted by atomic mass is 9.96. The monoisotopic (exact) mass is 465 g/mol. The maximum atomic E-state index is 12.8. The largest absolute Gasteiger partial charge is 0.459 e. The minimum atomic E-state index is -0.613. The highest BCUT2D eigenvalue weighted by Gasteiger charge is 2.39. The number of rotatable bonds is 3. The molecule has 1 unspecified atom stereocenters. The fourth-order valence-corrected chi connectivity index (χ4v) is 4.63. The number of hydrogen-bond donors (Lipinski definition) is 1. The first-order chi connectivity index (χ1) is 16.1. The third-order valence-electron chi connectivity index (χ3n) is 6.30. The third kappa shape index (κ3) is 5.65. The summed E-state index contributed by atoms with van der Waals surface area (Å²) in [6, 6.07) is 4.92. The van der Waals surface area contributed by atoms with Gasteiger partial charge in [-0.3, -0.25) is 29.4 Å². The van der Waals surface area contributed by atoms with E-state index >= 15 is 0 Å². The first-order valence-corrected chi connectivity index (χ1v) is 11.8. The van der Waals surface area contributed by atoms with Gasteiger partial charge in [-0.25, -0.2) is 0 Å². The first-order valence-electron chi connectivity index (χ1n) is 11.8. The lowest BCUT2D eigenvalue weighted by Gasteiger charge is -2.30. The standard InChI is InChI=1S/C26H31N3O5/c1-26(2,3)34-23(31)16-28-12-10-17(11-13-28)4-5-18-6-7-20-19(14-18)15-29(25(20)33)21-8-9-22(30)27-24(21)32/h6-7,14,17,21H,8-13,15-16H2,1-3H3,(H,27,30,32). The van der Waals surface area contributed by atoms with Gasteiger partial charge in [0, 0.05) is 30.0 Å². The van der Waals surface area contributed by atoms with E-state index in [2.05, 4.69) is 22.1 Å². The number of nitrogens with zero attached hydrogens (tertiary/aromatic N) is 2. The summed E-state index contributed by atoms with van der Waals surface area (Å²) in [6.45, 7) is 7.87. The predicted molar refractivity (Wildman–Crippen MR) is 124 cm³/mol. The Hall–Kier alpha value is -3.18. The number of imide groups is 1. The van der Waals surface area contributed by atoms with E-state index in [9.17, 15) is 19.2 Å². The molecule has 0 saturated carbocycles. The maximum absolute atomic E-state index is 12.8. The van der Waals surface area contributed by atoms with Gasteiger partial charge in [-0.05, 0) is 76.9 Å². The summed E-state index contributed by atoms with van der Waals surface area (Å²) in [4.78, 5) is 52.1. The number of carbonyl (C=O) groups excluding carboxylic acids is 4. The highest BCUT2D eigenvalue weighted by Crippen LogP contribution is 2.28. The smallest absolute Gasteiger partial charge is 0.320 e. The van der Waals surface area contributed by atoms with Crippen LogP contribution in [0.15, 0.2) is 18.2 Å². The van der Waals surface area contributed by atoms with Crippen LogP contribution in [0.2, 0.25) is 0 Å². The van der Waals surface area contributed by atoms with E-state index in [0.717, 1.165) is 37.1 Å². The number of likely N-dealkylation sites (tertiary alicyclic amines) is 1. The zero-order chi connectivity index (χ0) is 24.5. The molecule has 0 spiro atoms. The minimum absolute atomic E-state index is 0.179. The van der Waals surface area contributed by atoms with Crippen molar-refractivity contribution in [1.29, 1.82) is 0 Å². The molecule has 3 amide bonds. The van der Waals surface area contributed by atoms with Crippen LogP contribution in [0.4, 0.5) is 0 Å². The van der Waals surface area contributed by atoms with Crippen molar-refractivity contribution in [2.45, 2.75) is 64.6 Å². The van der Waals surface area contributed by atoms with Gasteiger partial charge in [-0.2, -0.15) is 0 Å². The first kappa shape index (κ1) is 24.0. The summed E-state index contributed by atoms with van der Waals surface area (Å²) >= 11 is 0. The molecule has 8 heteroatoms. The molecule has 0 aromatic heterocycles. The Morgan fingerprint density at radius 3 is 2.56 bits per heavy atom. The summed E-state index contributed by atoms with van der Waals surface area (Å²) in [7, 11) is 0. The average molecular weight is 466 g/mol. The van der Waals surface area contributed by atoms with Crippen molar-refractivity contribution < 1.29 is 23.9 Å². The van der Waals surface area contributed by atoms with Gasteiger partial charge in [0.1, 0.15) is 11.6 Å². The van der Waals surface area contributed by atoms with Crippen molar-refractivity contribution >= 4 is 23.7 Å². The third-order valence-corrected chi connectivity index (χ3v) is 6.30. The lowest BCUT2D eigenvalue weighted by Crippen LogP contribution is -2.52. The Kier molecular flexibility index (Phi) is 6.76. The van der Waals surface area contributed by atoms with Gasteiger partial charge in [-0.1, -0.05) is 11.8 Å². The summed E-state index contributed by atoms with van der Waals surface area (Å²) < 4.78 is 5.40. The number of esters is 1. The molecule has 3 heterocycles. The van der Waals surface area contributed by atoms with E-state index in [1.54, 1.807) is 11.0 Å². The minimum Gasteiger partial charge on any atom is -0.459 e. The Morgan fingerprint density at radius 1 is 1.15 bits per heavy atom. The number of piperidine rings is 2. The molecule has 1 aromatic carbocycles. The molecule has 3 aliphatic rings. The highest BCUT2D eigenvalue weighted by atomic mass is 16.6. The molecule has 34 heavy (non-hydrogen) atoms. The van der Waals surface area contributed by atoms with Crippen molar-refractivity contribution in [2.75, 3.05) is 19.6 Å². The number of benzene rings is 1. The molecule has 3 aliphatic heterocycles. The molecule has 0 bridgehead atoms. The molecular weight excluding hydrogens is 434 g/mol. The van der Waals surface area contributed by atoms with Crippen LogP contribution in [0, 0.1) is 17.8 Å². The molecule has 180 valence electrons. The van der Waals surface area contributed by atoms with Gasteiger partial charge in [0.25, 0.3) is 5.91 Å². The van der Waals surface area contributed by atoms with Crippen LogP contribution in [-0.4, -0.2) is 64.8 Å². The molecule has 8 nitrogen and oxygen atoms in total. The van der Waals surface area contributed by atoms with Gasteiger partial charge in [-0.15, -0.1) is 0 Å². The fraction of sp³-hybridized carbons (Fsp3) is 0.538. The number of hydrogen-bond acceptors (Lipinski definition) is 6. The van der Waals surface area contributed by atoms with Crippen molar-refractivity contribution in [3.63, 3.8) is 0 Å². The quantitative estimate of drug-likeness (QED) is 0.416. The average Bonchev–Trinajstić information content (AvgIpc) is 3.07. The zero-order valence-corrected chi connectivity index (χ0v) is 20.0. The second-order valence-electron chi connectivity index (χ2n) is 10.2. The van der Waals surface area contributed by atoms with Gasteiger partial charge < -0.3 is 9.64 Å². The van der Waals surface area contributed by atoms with Crippen molar-refractivity contribution in [3.8, 4) is 11.8 Å². The Labute approximate surface area is 200 Å². The Bertz CT molecular complexity index is 1070.